The first-order valence-corrected chi connectivity index (χ1v) is 8.42. The Morgan fingerprint density at radius 2 is 2.00 bits per heavy atom. The monoisotopic (exact) mass is 353 g/mol. The van der Waals surface area contributed by atoms with E-state index in [1.165, 1.54) is 19.8 Å². The third-order valence-corrected chi connectivity index (χ3v) is 5.34. The first-order chi connectivity index (χ1) is 9.65. The van der Waals surface area contributed by atoms with Gasteiger partial charge in [-0.3, -0.25) is 0 Å². The van der Waals surface area contributed by atoms with E-state index in [9.17, 15) is 0 Å². The van der Waals surface area contributed by atoms with Gasteiger partial charge in [-0.1, -0.05) is 19.1 Å². The molecule has 20 heavy (non-hydrogen) atoms. The zero-order valence-corrected chi connectivity index (χ0v) is 14.5. The van der Waals surface area contributed by atoms with Gasteiger partial charge in [0.15, 0.2) is 0 Å². The van der Waals surface area contributed by atoms with Crippen LogP contribution in [0.3, 0.4) is 0 Å². The van der Waals surface area contributed by atoms with E-state index in [4.69, 9.17) is 4.74 Å². The summed E-state index contributed by atoms with van der Waals surface area (Å²) in [6, 6.07) is 10.8. The number of aryl methyl sites for hydroxylation is 1. The number of hydrogen-bond donors (Lipinski definition) is 1. The van der Waals surface area contributed by atoms with Crippen molar-refractivity contribution in [2.24, 2.45) is 0 Å². The van der Waals surface area contributed by atoms with Crippen LogP contribution in [0.1, 0.15) is 35.4 Å². The fourth-order valence-electron chi connectivity index (χ4n) is 2.08. The van der Waals surface area contributed by atoms with Crippen LogP contribution in [-0.2, 0) is 0 Å². The highest BCUT2D eigenvalue weighted by Gasteiger charge is 2.15. The van der Waals surface area contributed by atoms with Crippen LogP contribution in [0.25, 0.3) is 0 Å². The molecule has 108 valence electrons. The predicted molar refractivity (Wildman–Crippen MR) is 89.9 cm³/mol. The molecule has 0 aliphatic rings. The van der Waals surface area contributed by atoms with Gasteiger partial charge < -0.3 is 10.1 Å². The average Bonchev–Trinajstić information content (AvgIpc) is 2.78. The number of nitrogens with one attached hydrogen (secondary N) is 1. The van der Waals surface area contributed by atoms with E-state index in [-0.39, 0.29) is 6.04 Å². The molecule has 1 N–H and O–H groups in total. The fourth-order valence-corrected chi connectivity index (χ4v) is 3.78. The van der Waals surface area contributed by atoms with E-state index < -0.39 is 0 Å². The summed E-state index contributed by atoms with van der Waals surface area (Å²) < 4.78 is 6.83. The minimum Gasteiger partial charge on any atom is -0.494 e. The van der Waals surface area contributed by atoms with Gasteiger partial charge in [0.05, 0.1) is 16.4 Å². The van der Waals surface area contributed by atoms with Gasteiger partial charge >= 0.3 is 0 Å². The maximum absolute atomic E-state index is 5.63. The Kier molecular flexibility index (Phi) is 5.64. The van der Waals surface area contributed by atoms with Gasteiger partial charge in [0, 0.05) is 4.88 Å². The van der Waals surface area contributed by atoms with Gasteiger partial charge in [-0.2, -0.15) is 0 Å². The van der Waals surface area contributed by atoms with Crippen molar-refractivity contribution in [2.45, 2.75) is 26.3 Å². The summed E-state index contributed by atoms with van der Waals surface area (Å²) in [7, 11) is 2.00. The molecule has 0 radical (unpaired) electrons. The van der Waals surface area contributed by atoms with Gasteiger partial charge in [0.2, 0.25) is 0 Å². The molecule has 1 aromatic carbocycles. The normalized spacial score (nSPS) is 12.4. The van der Waals surface area contributed by atoms with Crippen molar-refractivity contribution in [3.8, 4) is 5.75 Å². The fraction of sp³-hybridized carbons (Fsp3) is 0.375. The van der Waals surface area contributed by atoms with E-state index >= 15 is 0 Å². The summed E-state index contributed by atoms with van der Waals surface area (Å²) in [6.07, 6.45) is 1.03. The standard InChI is InChI=1S/C16H20BrNOS/c1-4-9-19-13-7-5-12(6-8-13)15(18-3)14-10-11(2)16(17)20-14/h5-8,10,15,18H,4,9H2,1-3H3. The molecule has 0 aliphatic carbocycles. The second-order valence-electron chi connectivity index (χ2n) is 4.74. The Hall–Kier alpha value is -0.840. The minimum atomic E-state index is 0.227. The molecule has 1 unspecified atom stereocenters. The van der Waals surface area contributed by atoms with E-state index in [0.29, 0.717) is 0 Å². The van der Waals surface area contributed by atoms with Crippen molar-refractivity contribution >= 4 is 27.3 Å². The topological polar surface area (TPSA) is 21.3 Å². The predicted octanol–water partition coefficient (Wildman–Crippen LogP) is 4.92. The van der Waals surface area contributed by atoms with Crippen LogP contribution in [0.2, 0.25) is 0 Å². The van der Waals surface area contributed by atoms with Crippen LogP contribution < -0.4 is 10.1 Å². The molecular weight excluding hydrogens is 334 g/mol. The molecule has 0 fully saturated rings. The van der Waals surface area contributed by atoms with Crippen molar-refractivity contribution in [1.29, 1.82) is 0 Å². The molecule has 4 heteroatoms. The molecule has 2 rings (SSSR count). The molecule has 0 amide bonds. The molecular formula is C16H20BrNOS. The third-order valence-electron chi connectivity index (χ3n) is 3.14. The van der Waals surface area contributed by atoms with E-state index in [1.54, 1.807) is 11.3 Å². The van der Waals surface area contributed by atoms with Crippen molar-refractivity contribution in [2.75, 3.05) is 13.7 Å². The van der Waals surface area contributed by atoms with Crippen molar-refractivity contribution in [3.05, 3.63) is 50.1 Å². The molecule has 0 saturated heterocycles. The first kappa shape index (κ1) is 15.5. The van der Waals surface area contributed by atoms with Gasteiger partial charge in [-0.05, 0) is 65.6 Å². The number of thiophene rings is 1. The van der Waals surface area contributed by atoms with Crippen molar-refractivity contribution in [3.63, 3.8) is 0 Å². The van der Waals surface area contributed by atoms with E-state index in [2.05, 4.69) is 53.3 Å². The van der Waals surface area contributed by atoms with Gasteiger partial charge in [0.1, 0.15) is 5.75 Å². The molecule has 1 aromatic heterocycles. The Balaban J connectivity index is 2.19. The highest BCUT2D eigenvalue weighted by atomic mass is 79.9. The smallest absolute Gasteiger partial charge is 0.119 e. The molecule has 1 heterocycles. The quantitative estimate of drug-likeness (QED) is 0.795. The van der Waals surface area contributed by atoms with E-state index in [0.717, 1.165) is 18.8 Å². The zero-order chi connectivity index (χ0) is 14.5. The molecule has 2 nitrogen and oxygen atoms in total. The molecule has 0 aliphatic heterocycles. The highest BCUT2D eigenvalue weighted by molar-refractivity contribution is 9.11. The molecule has 1 atom stereocenters. The number of rotatable bonds is 6. The van der Waals surface area contributed by atoms with Gasteiger partial charge in [-0.15, -0.1) is 11.3 Å². The Morgan fingerprint density at radius 3 is 2.50 bits per heavy atom. The number of halogens is 1. The lowest BCUT2D eigenvalue weighted by molar-refractivity contribution is 0.317. The summed E-state index contributed by atoms with van der Waals surface area (Å²) in [6.45, 7) is 5.01. The second-order valence-corrected chi connectivity index (χ2v) is 7.15. The number of benzene rings is 1. The van der Waals surface area contributed by atoms with Crippen LogP contribution in [0.5, 0.6) is 5.75 Å². The first-order valence-electron chi connectivity index (χ1n) is 6.81. The van der Waals surface area contributed by atoms with Crippen LogP contribution in [0.4, 0.5) is 0 Å². The van der Waals surface area contributed by atoms with Crippen LogP contribution in [0.15, 0.2) is 34.1 Å². The minimum absolute atomic E-state index is 0.227. The summed E-state index contributed by atoms with van der Waals surface area (Å²) in [4.78, 5) is 1.32. The SMILES string of the molecule is CCCOc1ccc(C(NC)c2cc(C)c(Br)s2)cc1. The summed E-state index contributed by atoms with van der Waals surface area (Å²) in [5, 5.41) is 3.39. The molecule has 0 bridgehead atoms. The zero-order valence-electron chi connectivity index (χ0n) is 12.1. The summed E-state index contributed by atoms with van der Waals surface area (Å²) in [5.74, 6) is 0.939. The molecule has 0 saturated carbocycles. The Labute approximate surface area is 133 Å². The van der Waals surface area contributed by atoms with Gasteiger partial charge in [0.25, 0.3) is 0 Å². The third kappa shape index (κ3) is 3.62. The maximum Gasteiger partial charge on any atom is 0.119 e. The Bertz CT molecular complexity index is 531. The maximum atomic E-state index is 5.63. The van der Waals surface area contributed by atoms with Crippen LogP contribution in [0, 0.1) is 6.92 Å². The largest absolute Gasteiger partial charge is 0.494 e. The molecule has 0 spiro atoms. The summed E-state index contributed by atoms with van der Waals surface area (Å²) >= 11 is 5.38. The molecule has 2 aromatic rings. The van der Waals surface area contributed by atoms with Crippen molar-refractivity contribution in [1.82, 2.24) is 5.32 Å². The number of ether oxygens (including phenoxy) is 1. The van der Waals surface area contributed by atoms with Crippen molar-refractivity contribution < 1.29 is 4.74 Å². The Morgan fingerprint density at radius 1 is 1.30 bits per heavy atom. The highest BCUT2D eigenvalue weighted by Crippen LogP contribution is 2.34. The summed E-state index contributed by atoms with van der Waals surface area (Å²) in [5.41, 5.74) is 2.54. The van der Waals surface area contributed by atoms with E-state index in [1.807, 2.05) is 19.2 Å². The van der Waals surface area contributed by atoms with Crippen LogP contribution >= 0.6 is 27.3 Å². The lowest BCUT2D eigenvalue weighted by Crippen LogP contribution is -2.16. The number of hydrogen-bond acceptors (Lipinski definition) is 3. The average molecular weight is 354 g/mol. The van der Waals surface area contributed by atoms with Gasteiger partial charge in [-0.25, -0.2) is 0 Å². The lowest BCUT2D eigenvalue weighted by atomic mass is 10.1. The lowest BCUT2D eigenvalue weighted by Gasteiger charge is -2.15. The second kappa shape index (κ2) is 7.25. The van der Waals surface area contributed by atoms with Crippen LogP contribution in [-0.4, -0.2) is 13.7 Å².